The van der Waals surface area contributed by atoms with Crippen LogP contribution in [0.15, 0.2) is 12.1 Å². The number of hydrogen-bond donors (Lipinski definition) is 1. The lowest BCUT2D eigenvalue weighted by Gasteiger charge is -2.22. The zero-order valence-corrected chi connectivity index (χ0v) is 10.1. The van der Waals surface area contributed by atoms with Crippen molar-refractivity contribution in [3.63, 3.8) is 0 Å². The summed E-state index contributed by atoms with van der Waals surface area (Å²) in [6, 6.07) is 1.15. The second kappa shape index (κ2) is 6.24. The molecule has 1 saturated carbocycles. The highest BCUT2D eigenvalue weighted by atomic mass is 35.5. The van der Waals surface area contributed by atoms with Gasteiger partial charge in [0.05, 0.1) is 17.2 Å². The number of rotatable bonds is 4. The highest BCUT2D eigenvalue weighted by Gasteiger charge is 2.17. The first-order valence-electron chi connectivity index (χ1n) is 10.6. The fourth-order valence-corrected chi connectivity index (χ4v) is 1.52. The minimum absolute atomic E-state index is 0.490. The van der Waals surface area contributed by atoms with Crippen LogP contribution in [0.1, 0.15) is 57.3 Å². The van der Waals surface area contributed by atoms with Gasteiger partial charge in [0.15, 0.2) is 0 Å². The third kappa shape index (κ3) is 3.60. The average molecular weight is 298 g/mol. The van der Waals surface area contributed by atoms with Crippen molar-refractivity contribution in [3.05, 3.63) is 28.5 Å². The molecule has 0 aromatic heterocycles. The summed E-state index contributed by atoms with van der Waals surface area (Å²) in [4.78, 5) is 10.9. The molecule has 0 bridgehead atoms. The molecule has 1 aliphatic carbocycles. The molecule has 0 aliphatic heterocycles. The summed E-state index contributed by atoms with van der Waals surface area (Å²) in [5, 5.41) is 8.38. The number of aromatic carboxylic acids is 1. The maximum atomic E-state index is 13.9. The molecule has 1 aliphatic rings. The Labute approximate surface area is 131 Å². The number of benzene rings is 1. The van der Waals surface area contributed by atoms with Gasteiger partial charge in [-0.1, -0.05) is 30.7 Å². The van der Waals surface area contributed by atoms with Gasteiger partial charge in [0, 0.05) is 21.1 Å². The van der Waals surface area contributed by atoms with Gasteiger partial charge in [0.2, 0.25) is 0 Å². The van der Waals surface area contributed by atoms with Crippen molar-refractivity contribution in [2.75, 3.05) is 6.61 Å². The van der Waals surface area contributed by atoms with E-state index in [1.54, 1.807) is 0 Å². The van der Waals surface area contributed by atoms with E-state index in [4.69, 9.17) is 36.5 Å². The molecule has 0 unspecified atom stereocenters. The van der Waals surface area contributed by atoms with Crippen molar-refractivity contribution < 1.29 is 34.1 Å². The van der Waals surface area contributed by atoms with Crippen molar-refractivity contribution in [3.8, 4) is 5.75 Å². The largest absolute Gasteiger partial charge is 0.492 e. The topological polar surface area (TPSA) is 46.5 Å². The molecule has 104 valence electrons. The van der Waals surface area contributed by atoms with Gasteiger partial charge >= 0.3 is 5.97 Å². The standard InChI is InChI=1S/C14H16ClFO3/c15-11-6-10(14(17)18)12(16)7-13(11)19-8-9-4-2-1-3-5-9/h6-7,9H,1-5,8H2,(H,17,18)/i1D2,2D2,3D2,4D2,5D2,9D. The van der Waals surface area contributed by atoms with Gasteiger partial charge in [0.1, 0.15) is 11.6 Å². The van der Waals surface area contributed by atoms with Crippen LogP contribution in [0.5, 0.6) is 5.75 Å². The molecule has 0 saturated heterocycles. The molecule has 1 aromatic rings. The van der Waals surface area contributed by atoms with Gasteiger partial charge < -0.3 is 9.84 Å². The first-order chi connectivity index (χ1) is 13.2. The minimum Gasteiger partial charge on any atom is -0.492 e. The van der Waals surface area contributed by atoms with Crippen LogP contribution >= 0.6 is 11.6 Å². The maximum Gasteiger partial charge on any atom is 0.338 e. The second-order valence-corrected chi connectivity index (χ2v) is 3.87. The third-order valence-electron chi connectivity index (χ3n) is 2.18. The molecular weight excluding hydrogens is 271 g/mol. The second-order valence-electron chi connectivity index (χ2n) is 3.46. The number of halogens is 2. The van der Waals surface area contributed by atoms with Crippen molar-refractivity contribution in [1.82, 2.24) is 0 Å². The van der Waals surface area contributed by atoms with Crippen LogP contribution in [0.25, 0.3) is 0 Å². The fourth-order valence-electron chi connectivity index (χ4n) is 1.30. The molecule has 2 rings (SSSR count). The van der Waals surface area contributed by atoms with Crippen LogP contribution in [-0.4, -0.2) is 17.7 Å². The Morgan fingerprint density at radius 3 is 2.84 bits per heavy atom. The van der Waals surface area contributed by atoms with E-state index >= 15 is 0 Å². The summed E-state index contributed by atoms with van der Waals surface area (Å²) in [6.07, 6.45) is -18.3. The molecule has 1 aromatic carbocycles. The normalized spacial score (nSPS) is 39.8. The highest BCUT2D eigenvalue weighted by molar-refractivity contribution is 6.32. The van der Waals surface area contributed by atoms with Crippen molar-refractivity contribution in [2.24, 2.45) is 5.89 Å². The van der Waals surface area contributed by atoms with E-state index in [2.05, 4.69) is 0 Å². The summed E-state index contributed by atoms with van der Waals surface area (Å²) in [6.45, 7) is -1.40. The van der Waals surface area contributed by atoms with Crippen LogP contribution in [0, 0.1) is 11.7 Å². The van der Waals surface area contributed by atoms with Gasteiger partial charge in [0.25, 0.3) is 0 Å². The van der Waals surface area contributed by atoms with Crippen LogP contribution in [0.4, 0.5) is 4.39 Å². The number of ether oxygens (including phenoxy) is 1. The predicted octanol–water partition coefficient (Wildman–Crippen LogP) is 4.14. The number of carbonyl (C=O) groups is 1. The Morgan fingerprint density at radius 1 is 1.53 bits per heavy atom. The van der Waals surface area contributed by atoms with E-state index in [9.17, 15) is 9.18 Å². The Balaban J connectivity index is 2.57. The van der Waals surface area contributed by atoms with E-state index in [0.29, 0.717) is 12.1 Å². The molecule has 1 fully saturated rings. The summed E-state index contributed by atoms with van der Waals surface area (Å²) in [7, 11) is 0. The smallest absolute Gasteiger partial charge is 0.338 e. The molecule has 0 atom stereocenters. The van der Waals surface area contributed by atoms with Crippen molar-refractivity contribution in [1.29, 1.82) is 0 Å². The van der Waals surface area contributed by atoms with E-state index in [1.165, 1.54) is 0 Å². The quantitative estimate of drug-likeness (QED) is 0.908. The van der Waals surface area contributed by atoms with Crippen molar-refractivity contribution in [2.45, 2.75) is 31.9 Å². The lowest BCUT2D eigenvalue weighted by molar-refractivity contribution is 0.0692. The lowest BCUT2D eigenvalue weighted by atomic mass is 9.90. The van der Waals surface area contributed by atoms with Crippen LogP contribution < -0.4 is 4.74 Å². The Bertz CT molecular complexity index is 860. The highest BCUT2D eigenvalue weighted by Crippen LogP contribution is 2.30. The van der Waals surface area contributed by atoms with E-state index in [-0.39, 0.29) is 0 Å². The summed E-state index contributed by atoms with van der Waals surface area (Å²) >= 11 is 5.80. The third-order valence-corrected chi connectivity index (χ3v) is 2.47. The molecule has 3 nitrogen and oxygen atoms in total. The van der Waals surface area contributed by atoms with Crippen molar-refractivity contribution >= 4 is 17.6 Å². The van der Waals surface area contributed by atoms with Gasteiger partial charge in [-0.15, -0.1) is 0 Å². The number of carboxylic acids is 1. The van der Waals surface area contributed by atoms with Crippen LogP contribution in [0.3, 0.4) is 0 Å². The van der Waals surface area contributed by atoms with Gasteiger partial charge in [-0.25, -0.2) is 9.18 Å². The van der Waals surface area contributed by atoms with Crippen LogP contribution in [0.2, 0.25) is 5.02 Å². The molecule has 19 heavy (non-hydrogen) atoms. The first-order valence-corrected chi connectivity index (χ1v) is 5.43. The van der Waals surface area contributed by atoms with Crippen LogP contribution in [-0.2, 0) is 0 Å². The van der Waals surface area contributed by atoms with Gasteiger partial charge in [-0.2, -0.15) is 0 Å². The molecule has 0 spiro atoms. The number of hydrogen-bond acceptors (Lipinski definition) is 2. The summed E-state index contributed by atoms with van der Waals surface area (Å²) in [5.41, 5.74) is -0.822. The Kier molecular flexibility index (Phi) is 1.84. The minimum atomic E-state index is -3.68. The zero-order chi connectivity index (χ0) is 23.7. The first kappa shape index (κ1) is 5.60. The van der Waals surface area contributed by atoms with Gasteiger partial charge in [-0.3, -0.25) is 0 Å². The van der Waals surface area contributed by atoms with Gasteiger partial charge in [-0.05, 0) is 24.7 Å². The molecule has 0 amide bonds. The van der Waals surface area contributed by atoms with E-state index in [1.807, 2.05) is 0 Å². The fraction of sp³-hybridized carbons (Fsp3) is 0.500. The maximum absolute atomic E-state index is 13.9. The molecule has 0 heterocycles. The van der Waals surface area contributed by atoms with E-state index < -0.39 is 72.5 Å². The summed E-state index contributed by atoms with van der Waals surface area (Å²) < 4.78 is 106. The van der Waals surface area contributed by atoms with E-state index in [0.717, 1.165) is 0 Å². The number of carboxylic acid groups (broad SMARTS) is 1. The molecule has 1 N–H and O–H groups in total. The Morgan fingerprint density at radius 2 is 2.21 bits per heavy atom. The molecule has 5 heteroatoms. The molecule has 0 radical (unpaired) electrons. The lowest BCUT2D eigenvalue weighted by Crippen LogP contribution is -2.15. The summed E-state index contributed by atoms with van der Waals surface area (Å²) in [5.74, 6) is -6.95. The zero-order valence-electron chi connectivity index (χ0n) is 20.4. The predicted molar refractivity (Wildman–Crippen MR) is 70.4 cm³/mol. The monoisotopic (exact) mass is 297 g/mol. The SMILES string of the molecule is [2H]C1([2H])C([2H])([2H])C([2H])([2H])C([2H])(COc2cc(F)c(C(=O)O)cc2Cl)C([2H])([2H])C1([2H])[2H]. The average Bonchev–Trinajstić information content (AvgIpc) is 2.59. The Hall–Kier alpha value is -1.29. The molecular formula is C14H16ClFO3.